The maximum atomic E-state index is 12.7. The highest BCUT2D eigenvalue weighted by atomic mass is 19.4. The molecular formula is C14H18F3NO. The molecule has 1 saturated heterocycles. The fraction of sp³-hybridized carbons (Fsp3) is 0.571. The van der Waals surface area contributed by atoms with E-state index >= 15 is 0 Å². The first-order valence-corrected chi connectivity index (χ1v) is 6.19. The van der Waals surface area contributed by atoms with E-state index in [2.05, 4.69) is 5.32 Å². The average molecular weight is 273 g/mol. The van der Waals surface area contributed by atoms with Crippen LogP contribution in [-0.4, -0.2) is 17.9 Å². The molecule has 0 aliphatic carbocycles. The predicted molar refractivity (Wildman–Crippen MR) is 66.7 cm³/mol. The molecule has 2 nitrogen and oxygen atoms in total. The van der Waals surface area contributed by atoms with E-state index in [9.17, 15) is 13.2 Å². The largest absolute Gasteiger partial charge is 0.416 e. The topological polar surface area (TPSA) is 21.3 Å². The second-order valence-corrected chi connectivity index (χ2v) is 5.90. The van der Waals surface area contributed by atoms with Crippen molar-refractivity contribution in [3.05, 3.63) is 35.4 Å². The van der Waals surface area contributed by atoms with Gasteiger partial charge in [-0.1, -0.05) is 18.2 Å². The van der Waals surface area contributed by atoms with Gasteiger partial charge in [-0.2, -0.15) is 13.2 Å². The molecular weight excluding hydrogens is 255 g/mol. The number of nitrogens with one attached hydrogen (secondary N) is 1. The SMILES string of the molecule is CC1(C)COC(C)(Cc2cccc(C(F)(F)F)c2)N1. The van der Waals surface area contributed by atoms with Crippen LogP contribution in [0.5, 0.6) is 0 Å². The molecule has 1 N–H and O–H groups in total. The quantitative estimate of drug-likeness (QED) is 0.892. The van der Waals surface area contributed by atoms with E-state index in [1.807, 2.05) is 20.8 Å². The van der Waals surface area contributed by atoms with Crippen LogP contribution in [-0.2, 0) is 17.3 Å². The molecule has 1 aromatic rings. The van der Waals surface area contributed by atoms with Gasteiger partial charge < -0.3 is 4.74 Å². The number of benzene rings is 1. The van der Waals surface area contributed by atoms with Gasteiger partial charge in [-0.25, -0.2) is 0 Å². The van der Waals surface area contributed by atoms with Crippen molar-refractivity contribution < 1.29 is 17.9 Å². The number of alkyl halides is 3. The van der Waals surface area contributed by atoms with Gasteiger partial charge in [0.1, 0.15) is 5.72 Å². The van der Waals surface area contributed by atoms with Gasteiger partial charge in [-0.15, -0.1) is 0 Å². The van der Waals surface area contributed by atoms with E-state index in [1.54, 1.807) is 6.07 Å². The van der Waals surface area contributed by atoms with Gasteiger partial charge in [0.05, 0.1) is 12.2 Å². The molecule has 1 aromatic carbocycles. The van der Waals surface area contributed by atoms with Crippen molar-refractivity contribution in [1.82, 2.24) is 5.32 Å². The molecule has 1 unspecified atom stereocenters. The van der Waals surface area contributed by atoms with Crippen molar-refractivity contribution >= 4 is 0 Å². The van der Waals surface area contributed by atoms with Crippen molar-refractivity contribution in [2.75, 3.05) is 6.61 Å². The van der Waals surface area contributed by atoms with Crippen LogP contribution < -0.4 is 5.32 Å². The third-order valence-corrected chi connectivity index (χ3v) is 3.15. The predicted octanol–water partition coefficient (Wildman–Crippen LogP) is 3.36. The van der Waals surface area contributed by atoms with E-state index in [1.165, 1.54) is 12.1 Å². The van der Waals surface area contributed by atoms with Crippen molar-refractivity contribution in [3.8, 4) is 0 Å². The summed E-state index contributed by atoms with van der Waals surface area (Å²) in [6.07, 6.45) is -3.90. The van der Waals surface area contributed by atoms with Gasteiger partial charge in [-0.05, 0) is 32.4 Å². The number of rotatable bonds is 2. The molecule has 0 saturated carbocycles. The van der Waals surface area contributed by atoms with Gasteiger partial charge in [0, 0.05) is 12.0 Å². The standard InChI is InChI=1S/C14H18F3NO/c1-12(2)9-19-13(3,18-12)8-10-5-4-6-11(7-10)14(15,16)17/h4-7,18H,8-9H2,1-3H3. The van der Waals surface area contributed by atoms with Crippen molar-refractivity contribution in [3.63, 3.8) is 0 Å². The number of ether oxygens (including phenoxy) is 1. The maximum absolute atomic E-state index is 12.7. The Kier molecular flexibility index (Phi) is 3.39. The molecule has 0 radical (unpaired) electrons. The molecule has 0 amide bonds. The van der Waals surface area contributed by atoms with Crippen LogP contribution in [0.4, 0.5) is 13.2 Å². The Morgan fingerprint density at radius 2 is 1.95 bits per heavy atom. The summed E-state index contributed by atoms with van der Waals surface area (Å²) in [5, 5.41) is 3.31. The van der Waals surface area contributed by atoms with E-state index < -0.39 is 17.5 Å². The first-order valence-electron chi connectivity index (χ1n) is 6.19. The van der Waals surface area contributed by atoms with Gasteiger partial charge >= 0.3 is 6.18 Å². The van der Waals surface area contributed by atoms with E-state index in [0.717, 1.165) is 6.07 Å². The molecule has 1 aliphatic rings. The first kappa shape index (κ1) is 14.3. The van der Waals surface area contributed by atoms with Crippen LogP contribution in [0.15, 0.2) is 24.3 Å². The summed E-state index contributed by atoms with van der Waals surface area (Å²) in [5.74, 6) is 0. The highest BCUT2D eigenvalue weighted by Crippen LogP contribution is 2.31. The lowest BCUT2D eigenvalue weighted by Crippen LogP contribution is -2.47. The molecule has 1 atom stereocenters. The third kappa shape index (κ3) is 3.48. The lowest BCUT2D eigenvalue weighted by Gasteiger charge is -2.27. The van der Waals surface area contributed by atoms with E-state index in [4.69, 9.17) is 4.74 Å². The molecule has 1 fully saturated rings. The minimum absolute atomic E-state index is 0.156. The summed E-state index contributed by atoms with van der Waals surface area (Å²) in [7, 11) is 0. The molecule has 0 bridgehead atoms. The zero-order valence-corrected chi connectivity index (χ0v) is 11.3. The Labute approximate surface area is 111 Å². The summed E-state index contributed by atoms with van der Waals surface area (Å²) in [6, 6.07) is 5.39. The molecule has 0 spiro atoms. The highest BCUT2D eigenvalue weighted by molar-refractivity contribution is 5.27. The minimum atomic E-state index is -4.31. The monoisotopic (exact) mass is 273 g/mol. The summed E-state index contributed by atoms with van der Waals surface area (Å²) in [5.41, 5.74) is -0.780. The zero-order chi connectivity index (χ0) is 14.3. The number of hydrogen-bond donors (Lipinski definition) is 1. The fourth-order valence-electron chi connectivity index (χ4n) is 2.47. The second kappa shape index (κ2) is 4.49. The average Bonchev–Trinajstić information content (AvgIpc) is 2.52. The smallest absolute Gasteiger partial charge is 0.359 e. The highest BCUT2D eigenvalue weighted by Gasteiger charge is 2.40. The van der Waals surface area contributed by atoms with Crippen LogP contribution >= 0.6 is 0 Å². The van der Waals surface area contributed by atoms with Crippen LogP contribution in [0.1, 0.15) is 31.9 Å². The van der Waals surface area contributed by atoms with Crippen LogP contribution in [0, 0.1) is 0 Å². The summed E-state index contributed by atoms with van der Waals surface area (Å²) in [6.45, 7) is 6.42. The summed E-state index contributed by atoms with van der Waals surface area (Å²) < 4.78 is 43.7. The second-order valence-electron chi connectivity index (χ2n) is 5.90. The first-order chi connectivity index (χ1) is 8.60. The van der Waals surface area contributed by atoms with E-state index in [-0.39, 0.29) is 5.54 Å². The van der Waals surface area contributed by atoms with Crippen LogP contribution in [0.2, 0.25) is 0 Å². The third-order valence-electron chi connectivity index (χ3n) is 3.15. The van der Waals surface area contributed by atoms with Crippen molar-refractivity contribution in [2.45, 2.75) is 44.6 Å². The molecule has 1 aliphatic heterocycles. The summed E-state index contributed by atoms with van der Waals surface area (Å²) in [4.78, 5) is 0. The Morgan fingerprint density at radius 3 is 2.47 bits per heavy atom. The number of hydrogen-bond acceptors (Lipinski definition) is 2. The molecule has 1 heterocycles. The zero-order valence-electron chi connectivity index (χ0n) is 11.3. The molecule has 106 valence electrons. The molecule has 2 rings (SSSR count). The van der Waals surface area contributed by atoms with Crippen molar-refractivity contribution in [2.24, 2.45) is 0 Å². The Hall–Kier alpha value is -1.07. The normalized spacial score (nSPS) is 26.6. The minimum Gasteiger partial charge on any atom is -0.359 e. The maximum Gasteiger partial charge on any atom is 0.416 e. The van der Waals surface area contributed by atoms with Gasteiger partial charge in [0.15, 0.2) is 0 Å². The molecule has 5 heteroatoms. The fourth-order valence-corrected chi connectivity index (χ4v) is 2.47. The molecule has 19 heavy (non-hydrogen) atoms. The Balaban J connectivity index is 2.16. The lowest BCUT2D eigenvalue weighted by atomic mass is 10.0. The van der Waals surface area contributed by atoms with Crippen LogP contribution in [0.3, 0.4) is 0 Å². The Morgan fingerprint density at radius 1 is 1.26 bits per heavy atom. The van der Waals surface area contributed by atoms with Gasteiger partial charge in [-0.3, -0.25) is 5.32 Å². The summed E-state index contributed by atoms with van der Waals surface area (Å²) >= 11 is 0. The van der Waals surface area contributed by atoms with Crippen molar-refractivity contribution in [1.29, 1.82) is 0 Å². The van der Waals surface area contributed by atoms with Crippen LogP contribution in [0.25, 0.3) is 0 Å². The number of halogens is 3. The lowest BCUT2D eigenvalue weighted by molar-refractivity contribution is -0.137. The van der Waals surface area contributed by atoms with Gasteiger partial charge in [0.2, 0.25) is 0 Å². The van der Waals surface area contributed by atoms with E-state index in [0.29, 0.717) is 18.6 Å². The Bertz CT molecular complexity index is 470. The molecule has 0 aromatic heterocycles. The van der Waals surface area contributed by atoms with Gasteiger partial charge in [0.25, 0.3) is 0 Å².